The molecular weight excluding hydrogens is 240 g/mol. The summed E-state index contributed by atoms with van der Waals surface area (Å²) in [5, 5.41) is 0. The number of amides is 1. The molecule has 0 bridgehead atoms. The highest BCUT2D eigenvalue weighted by atomic mass is 16.2. The molecule has 102 valence electrons. The van der Waals surface area contributed by atoms with Crippen LogP contribution in [0, 0.1) is 0 Å². The predicted molar refractivity (Wildman–Crippen MR) is 73.8 cm³/mol. The largest absolute Gasteiger partial charge is 0.366 e. The maximum Gasteiger partial charge on any atom is 0.223 e. The highest BCUT2D eigenvalue weighted by Gasteiger charge is 2.35. The summed E-state index contributed by atoms with van der Waals surface area (Å²) < 4.78 is 0. The molecule has 0 aliphatic carbocycles. The minimum Gasteiger partial charge on any atom is -0.366 e. The van der Waals surface area contributed by atoms with Gasteiger partial charge in [0.25, 0.3) is 0 Å². The molecule has 2 N–H and O–H groups in total. The van der Waals surface area contributed by atoms with Crippen molar-refractivity contribution in [3.8, 4) is 0 Å². The van der Waals surface area contributed by atoms with E-state index in [-0.39, 0.29) is 6.04 Å². The van der Waals surface area contributed by atoms with Crippen LogP contribution in [0.5, 0.6) is 0 Å². The van der Waals surface area contributed by atoms with E-state index in [0.717, 1.165) is 37.4 Å². The van der Waals surface area contributed by atoms with E-state index in [1.54, 1.807) is 0 Å². The number of piperazine rings is 1. The van der Waals surface area contributed by atoms with Crippen molar-refractivity contribution in [3.05, 3.63) is 24.0 Å². The van der Waals surface area contributed by atoms with Gasteiger partial charge in [0, 0.05) is 38.1 Å². The Bertz CT molecular complexity index is 471. The molecule has 0 radical (unpaired) electrons. The molecule has 0 saturated carbocycles. The van der Waals surface area contributed by atoms with E-state index in [9.17, 15) is 4.79 Å². The van der Waals surface area contributed by atoms with Crippen LogP contribution >= 0.6 is 0 Å². The predicted octanol–water partition coefficient (Wildman–Crippen LogP) is 0.912. The second kappa shape index (κ2) is 4.81. The zero-order valence-corrected chi connectivity index (χ0v) is 11.2. The number of hydrogen-bond acceptors (Lipinski definition) is 4. The first-order valence-corrected chi connectivity index (χ1v) is 6.91. The molecule has 5 nitrogen and oxygen atoms in total. The second-order valence-corrected chi connectivity index (χ2v) is 5.46. The molecule has 2 saturated heterocycles. The lowest BCUT2D eigenvalue weighted by molar-refractivity contribution is -0.129. The van der Waals surface area contributed by atoms with Gasteiger partial charge >= 0.3 is 0 Å². The molecule has 19 heavy (non-hydrogen) atoms. The van der Waals surface area contributed by atoms with Gasteiger partial charge in [0.2, 0.25) is 5.91 Å². The Balaban J connectivity index is 1.71. The Morgan fingerprint density at radius 2 is 2.26 bits per heavy atom. The van der Waals surface area contributed by atoms with Crippen LogP contribution in [0.15, 0.2) is 18.3 Å². The highest BCUT2D eigenvalue weighted by Crippen LogP contribution is 2.26. The summed E-state index contributed by atoms with van der Waals surface area (Å²) in [6.45, 7) is 4.58. The van der Waals surface area contributed by atoms with Crippen LogP contribution in [-0.2, 0) is 4.79 Å². The van der Waals surface area contributed by atoms with E-state index in [2.05, 4.69) is 16.0 Å². The lowest BCUT2D eigenvalue weighted by atomic mass is 10.1. The summed E-state index contributed by atoms with van der Waals surface area (Å²) in [6.07, 6.45) is 3.59. The summed E-state index contributed by atoms with van der Waals surface area (Å²) in [7, 11) is 0. The number of hydrogen-bond donors (Lipinski definition) is 1. The van der Waals surface area contributed by atoms with E-state index < -0.39 is 0 Å². The van der Waals surface area contributed by atoms with Crippen molar-refractivity contribution in [1.82, 2.24) is 9.88 Å². The first kappa shape index (κ1) is 12.4. The van der Waals surface area contributed by atoms with Gasteiger partial charge in [0.05, 0.1) is 17.6 Å². The molecule has 3 heterocycles. The van der Waals surface area contributed by atoms with Crippen LogP contribution in [0.3, 0.4) is 0 Å². The molecule has 1 unspecified atom stereocenters. The maximum absolute atomic E-state index is 11.7. The number of pyridine rings is 1. The molecule has 1 aromatic rings. The summed E-state index contributed by atoms with van der Waals surface area (Å²) in [5.41, 5.74) is 7.85. The van der Waals surface area contributed by atoms with Crippen molar-refractivity contribution < 1.29 is 4.79 Å². The minimum absolute atomic E-state index is 0.0293. The second-order valence-electron chi connectivity index (χ2n) is 5.46. The average Bonchev–Trinajstić information content (AvgIpc) is 2.80. The van der Waals surface area contributed by atoms with Crippen LogP contribution in [0.1, 0.15) is 31.5 Å². The first-order chi connectivity index (χ1) is 9.15. The molecule has 0 aromatic carbocycles. The number of anilines is 1. The lowest BCUT2D eigenvalue weighted by Gasteiger charge is -2.38. The van der Waals surface area contributed by atoms with Crippen molar-refractivity contribution >= 4 is 11.6 Å². The molecule has 2 aliphatic rings. The Labute approximate surface area is 113 Å². The van der Waals surface area contributed by atoms with Gasteiger partial charge in [0.15, 0.2) is 0 Å². The fourth-order valence-corrected chi connectivity index (χ4v) is 2.95. The monoisotopic (exact) mass is 260 g/mol. The van der Waals surface area contributed by atoms with Crippen molar-refractivity contribution in [3.63, 3.8) is 0 Å². The van der Waals surface area contributed by atoms with E-state index in [4.69, 9.17) is 5.73 Å². The normalized spacial score (nSPS) is 24.5. The third kappa shape index (κ3) is 2.30. The quantitative estimate of drug-likeness (QED) is 0.858. The summed E-state index contributed by atoms with van der Waals surface area (Å²) in [5.74, 6) is 0.315. The molecule has 1 aromatic heterocycles. The molecule has 2 aliphatic heterocycles. The van der Waals surface area contributed by atoms with Gasteiger partial charge in [-0.2, -0.15) is 0 Å². The zero-order chi connectivity index (χ0) is 13.4. The maximum atomic E-state index is 11.7. The van der Waals surface area contributed by atoms with Gasteiger partial charge in [-0.1, -0.05) is 0 Å². The van der Waals surface area contributed by atoms with Crippen molar-refractivity contribution in [2.24, 2.45) is 5.73 Å². The average molecular weight is 260 g/mol. The van der Waals surface area contributed by atoms with Gasteiger partial charge < -0.3 is 15.5 Å². The van der Waals surface area contributed by atoms with Crippen molar-refractivity contribution in [2.45, 2.75) is 31.8 Å². The SMILES string of the molecule is C[C@H](N)c1ccc(N2CCN3C(=O)CCC3C2)cn1. The van der Waals surface area contributed by atoms with Crippen LogP contribution in [0.2, 0.25) is 0 Å². The minimum atomic E-state index is -0.0293. The smallest absolute Gasteiger partial charge is 0.223 e. The Kier molecular flexibility index (Phi) is 3.14. The number of fused-ring (bicyclic) bond motifs is 1. The number of nitrogens with zero attached hydrogens (tertiary/aromatic N) is 3. The van der Waals surface area contributed by atoms with E-state index in [1.807, 2.05) is 24.1 Å². The van der Waals surface area contributed by atoms with Gasteiger partial charge in [0.1, 0.15) is 0 Å². The van der Waals surface area contributed by atoms with E-state index in [1.165, 1.54) is 0 Å². The molecule has 2 fully saturated rings. The van der Waals surface area contributed by atoms with Crippen molar-refractivity contribution in [1.29, 1.82) is 0 Å². The van der Waals surface area contributed by atoms with Gasteiger partial charge in [-0.05, 0) is 25.5 Å². The Morgan fingerprint density at radius 3 is 2.95 bits per heavy atom. The van der Waals surface area contributed by atoms with Gasteiger partial charge in [-0.3, -0.25) is 9.78 Å². The number of carbonyl (C=O) groups excluding carboxylic acids is 1. The third-order valence-electron chi connectivity index (χ3n) is 4.10. The fraction of sp³-hybridized carbons (Fsp3) is 0.571. The number of rotatable bonds is 2. The highest BCUT2D eigenvalue weighted by molar-refractivity contribution is 5.79. The molecular formula is C14H20N4O. The molecule has 3 rings (SSSR count). The van der Waals surface area contributed by atoms with Crippen LogP contribution in [0.4, 0.5) is 5.69 Å². The third-order valence-corrected chi connectivity index (χ3v) is 4.10. The number of aromatic nitrogens is 1. The zero-order valence-electron chi connectivity index (χ0n) is 11.2. The molecule has 1 amide bonds. The van der Waals surface area contributed by atoms with E-state index >= 15 is 0 Å². The topological polar surface area (TPSA) is 62.5 Å². The molecule has 0 spiro atoms. The van der Waals surface area contributed by atoms with E-state index in [0.29, 0.717) is 18.4 Å². The molecule has 2 atom stereocenters. The number of carbonyl (C=O) groups is 1. The molecule has 5 heteroatoms. The standard InChI is InChI=1S/C14H20N4O/c1-10(15)13-4-2-11(8-16-13)17-6-7-18-12(9-17)3-5-14(18)19/h2,4,8,10,12H,3,5-7,9,15H2,1H3/t10-,12?/m0/s1. The van der Waals surface area contributed by atoms with Crippen molar-refractivity contribution in [2.75, 3.05) is 24.5 Å². The van der Waals surface area contributed by atoms with Gasteiger partial charge in [-0.15, -0.1) is 0 Å². The summed E-state index contributed by atoms with van der Waals surface area (Å²) >= 11 is 0. The summed E-state index contributed by atoms with van der Waals surface area (Å²) in [6, 6.07) is 4.43. The van der Waals surface area contributed by atoms with Crippen LogP contribution in [-0.4, -0.2) is 41.5 Å². The lowest BCUT2D eigenvalue weighted by Crippen LogP contribution is -2.51. The number of nitrogens with two attached hydrogens (primary N) is 1. The van der Waals surface area contributed by atoms with Crippen LogP contribution in [0.25, 0.3) is 0 Å². The first-order valence-electron chi connectivity index (χ1n) is 6.91. The Morgan fingerprint density at radius 1 is 1.42 bits per heavy atom. The van der Waals surface area contributed by atoms with Gasteiger partial charge in [-0.25, -0.2) is 0 Å². The Hall–Kier alpha value is -1.62. The fourth-order valence-electron chi connectivity index (χ4n) is 2.95. The van der Waals surface area contributed by atoms with Crippen LogP contribution < -0.4 is 10.6 Å². The summed E-state index contributed by atoms with van der Waals surface area (Å²) in [4.78, 5) is 20.4.